The van der Waals surface area contributed by atoms with E-state index >= 15 is 0 Å². The summed E-state index contributed by atoms with van der Waals surface area (Å²) in [7, 11) is 0. The minimum atomic E-state index is -4.46. The van der Waals surface area contributed by atoms with Crippen molar-refractivity contribution < 1.29 is 18.0 Å². The molecule has 150 valence electrons. The molecule has 8 heteroatoms. The van der Waals surface area contributed by atoms with E-state index in [-0.39, 0.29) is 16.8 Å². The molecule has 0 atom stereocenters. The molecular weight excluding hydrogens is 379 g/mol. The maximum absolute atomic E-state index is 12.8. The molecule has 2 saturated heterocycles. The number of alkyl halides is 3. The summed E-state index contributed by atoms with van der Waals surface area (Å²) in [5.74, 6) is 0.568. The predicted molar refractivity (Wildman–Crippen MR) is 98.9 cm³/mol. The standard InChI is InChI=1S/C19H25ClF3N3O/c20-16-12-15(19(21,22)23)13-24-17(16)25-10-6-14(7-11-25)18(27)26-8-4-2-1-3-5-9-26/h12-14H,1-11H2. The normalized spacial score (nSPS) is 20.3. The number of nitrogens with zero attached hydrogens (tertiary/aromatic N) is 3. The maximum Gasteiger partial charge on any atom is 0.417 e. The van der Waals surface area contributed by atoms with E-state index in [0.717, 1.165) is 38.2 Å². The number of aromatic nitrogens is 1. The van der Waals surface area contributed by atoms with Crippen LogP contribution in [0.15, 0.2) is 12.3 Å². The van der Waals surface area contributed by atoms with Gasteiger partial charge in [-0.1, -0.05) is 30.9 Å². The van der Waals surface area contributed by atoms with E-state index in [2.05, 4.69) is 4.98 Å². The lowest BCUT2D eigenvalue weighted by Gasteiger charge is -2.35. The third-order valence-electron chi connectivity index (χ3n) is 5.46. The van der Waals surface area contributed by atoms with Gasteiger partial charge in [0.1, 0.15) is 5.82 Å². The van der Waals surface area contributed by atoms with Gasteiger partial charge in [-0.25, -0.2) is 4.98 Å². The molecule has 0 saturated carbocycles. The number of pyridine rings is 1. The topological polar surface area (TPSA) is 36.4 Å². The van der Waals surface area contributed by atoms with Gasteiger partial charge in [0, 0.05) is 38.3 Å². The Morgan fingerprint density at radius 3 is 2.19 bits per heavy atom. The quantitative estimate of drug-likeness (QED) is 0.714. The number of hydrogen-bond donors (Lipinski definition) is 0. The SMILES string of the molecule is O=C(C1CCN(c2ncc(C(F)(F)F)cc2Cl)CC1)N1CCCCCCC1. The van der Waals surface area contributed by atoms with Crippen molar-refractivity contribution >= 4 is 23.3 Å². The molecule has 0 bridgehead atoms. The number of rotatable bonds is 2. The molecule has 4 nitrogen and oxygen atoms in total. The molecule has 2 fully saturated rings. The van der Waals surface area contributed by atoms with Gasteiger partial charge >= 0.3 is 6.18 Å². The van der Waals surface area contributed by atoms with Gasteiger partial charge in [-0.15, -0.1) is 0 Å². The van der Waals surface area contributed by atoms with Gasteiger partial charge < -0.3 is 9.80 Å². The summed E-state index contributed by atoms with van der Waals surface area (Å²) in [5.41, 5.74) is -0.849. The van der Waals surface area contributed by atoms with Gasteiger partial charge in [-0.2, -0.15) is 13.2 Å². The van der Waals surface area contributed by atoms with E-state index in [1.165, 1.54) is 19.3 Å². The van der Waals surface area contributed by atoms with Crippen LogP contribution in [0.2, 0.25) is 5.02 Å². The zero-order valence-corrected chi connectivity index (χ0v) is 16.0. The molecule has 2 aliphatic heterocycles. The first-order valence-electron chi connectivity index (χ1n) is 9.63. The maximum atomic E-state index is 12.8. The largest absolute Gasteiger partial charge is 0.417 e. The predicted octanol–water partition coefficient (Wildman–Crippen LogP) is 4.76. The molecule has 0 unspecified atom stereocenters. The van der Waals surface area contributed by atoms with Crippen molar-refractivity contribution in [3.63, 3.8) is 0 Å². The van der Waals surface area contributed by atoms with Gasteiger partial charge in [-0.3, -0.25) is 4.79 Å². The van der Waals surface area contributed by atoms with Crippen LogP contribution in [0.4, 0.5) is 19.0 Å². The van der Waals surface area contributed by atoms with Crippen LogP contribution in [0.5, 0.6) is 0 Å². The second-order valence-electron chi connectivity index (χ2n) is 7.38. The number of anilines is 1. The molecule has 0 radical (unpaired) electrons. The number of halogens is 4. The van der Waals surface area contributed by atoms with Crippen molar-refractivity contribution in [2.45, 2.75) is 51.1 Å². The molecule has 1 amide bonds. The highest BCUT2D eigenvalue weighted by Crippen LogP contribution is 2.34. The minimum absolute atomic E-state index is 0.00151. The highest BCUT2D eigenvalue weighted by Gasteiger charge is 2.33. The number of carbonyl (C=O) groups excluding carboxylic acids is 1. The molecule has 0 spiro atoms. The second kappa shape index (κ2) is 8.67. The molecule has 3 heterocycles. The summed E-state index contributed by atoms with van der Waals surface area (Å²) in [5, 5.41) is -0.00151. The van der Waals surface area contributed by atoms with Crippen molar-refractivity contribution in [3.05, 3.63) is 22.8 Å². The first-order chi connectivity index (χ1) is 12.9. The minimum Gasteiger partial charge on any atom is -0.355 e. The molecule has 3 rings (SSSR count). The third-order valence-corrected chi connectivity index (χ3v) is 5.74. The lowest BCUT2D eigenvalue weighted by molar-refractivity contribution is -0.138. The van der Waals surface area contributed by atoms with E-state index in [1.54, 1.807) is 0 Å². The van der Waals surface area contributed by atoms with E-state index in [0.29, 0.717) is 31.7 Å². The summed E-state index contributed by atoms with van der Waals surface area (Å²) in [6, 6.07) is 0.918. The number of amides is 1. The van der Waals surface area contributed by atoms with Crippen LogP contribution in [0.1, 0.15) is 50.5 Å². The molecule has 0 aromatic carbocycles. The molecule has 0 aliphatic carbocycles. The van der Waals surface area contributed by atoms with Crippen molar-refractivity contribution in [3.8, 4) is 0 Å². The summed E-state index contributed by atoms with van der Waals surface area (Å²) < 4.78 is 38.3. The highest BCUT2D eigenvalue weighted by molar-refractivity contribution is 6.33. The fraction of sp³-hybridized carbons (Fsp3) is 0.684. The Hall–Kier alpha value is -1.50. The van der Waals surface area contributed by atoms with Crippen LogP contribution >= 0.6 is 11.6 Å². The van der Waals surface area contributed by atoms with E-state index in [9.17, 15) is 18.0 Å². The van der Waals surface area contributed by atoms with Gasteiger partial charge in [0.25, 0.3) is 0 Å². The molecule has 1 aromatic rings. The molecule has 2 aliphatic rings. The van der Waals surface area contributed by atoms with Crippen LogP contribution in [0.25, 0.3) is 0 Å². The van der Waals surface area contributed by atoms with Crippen molar-refractivity contribution in [1.29, 1.82) is 0 Å². The summed E-state index contributed by atoms with van der Waals surface area (Å²) >= 11 is 6.04. The second-order valence-corrected chi connectivity index (χ2v) is 7.79. The van der Waals surface area contributed by atoms with E-state index in [1.807, 2.05) is 9.80 Å². The zero-order valence-electron chi connectivity index (χ0n) is 15.3. The van der Waals surface area contributed by atoms with Gasteiger partial charge in [0.2, 0.25) is 5.91 Å². The average molecular weight is 404 g/mol. The van der Waals surface area contributed by atoms with Crippen LogP contribution in [0, 0.1) is 5.92 Å². The Kier molecular flexibility index (Phi) is 6.50. The summed E-state index contributed by atoms with van der Waals surface area (Å²) in [4.78, 5) is 20.6. The summed E-state index contributed by atoms with van der Waals surface area (Å²) in [6.07, 6.45) is 3.45. The average Bonchev–Trinajstić information content (AvgIpc) is 2.60. The smallest absolute Gasteiger partial charge is 0.355 e. The van der Waals surface area contributed by atoms with Crippen molar-refractivity contribution in [1.82, 2.24) is 9.88 Å². The van der Waals surface area contributed by atoms with Crippen LogP contribution in [-0.4, -0.2) is 42.0 Å². The first-order valence-corrected chi connectivity index (χ1v) is 10.0. The van der Waals surface area contributed by atoms with Crippen molar-refractivity contribution in [2.75, 3.05) is 31.1 Å². The molecule has 0 N–H and O–H groups in total. The Bertz CT molecular complexity index is 652. The van der Waals surface area contributed by atoms with Gasteiger partial charge in [0.05, 0.1) is 10.6 Å². The van der Waals surface area contributed by atoms with Crippen LogP contribution in [0.3, 0.4) is 0 Å². The molecule has 1 aromatic heterocycles. The van der Waals surface area contributed by atoms with Crippen molar-refractivity contribution in [2.24, 2.45) is 5.92 Å². The summed E-state index contributed by atoms with van der Waals surface area (Å²) in [6.45, 7) is 2.82. The van der Waals surface area contributed by atoms with E-state index in [4.69, 9.17) is 11.6 Å². The molecular formula is C19H25ClF3N3O. The monoisotopic (exact) mass is 403 g/mol. The van der Waals surface area contributed by atoms with E-state index < -0.39 is 11.7 Å². The van der Waals surface area contributed by atoms with Crippen LogP contribution in [-0.2, 0) is 11.0 Å². The fourth-order valence-electron chi connectivity index (χ4n) is 3.88. The number of hydrogen-bond acceptors (Lipinski definition) is 3. The number of carbonyl (C=O) groups is 1. The lowest BCUT2D eigenvalue weighted by atomic mass is 9.94. The molecule has 27 heavy (non-hydrogen) atoms. The Labute approximate surface area is 162 Å². The number of likely N-dealkylation sites (tertiary alicyclic amines) is 1. The Balaban J connectivity index is 1.59. The third kappa shape index (κ3) is 5.06. The fourth-order valence-corrected chi connectivity index (χ4v) is 4.17. The Morgan fingerprint density at radius 1 is 1.04 bits per heavy atom. The van der Waals surface area contributed by atoms with Gasteiger partial charge in [0.15, 0.2) is 0 Å². The zero-order chi connectivity index (χ0) is 19.4. The number of piperidine rings is 1. The first kappa shape index (κ1) is 20.2. The lowest BCUT2D eigenvalue weighted by Crippen LogP contribution is -2.43. The van der Waals surface area contributed by atoms with Crippen LogP contribution < -0.4 is 4.90 Å². The highest BCUT2D eigenvalue weighted by atomic mass is 35.5. The van der Waals surface area contributed by atoms with Gasteiger partial charge in [-0.05, 0) is 31.7 Å². The Morgan fingerprint density at radius 2 is 1.63 bits per heavy atom.